The molecule has 3 N–H and O–H groups in total. The number of phosphoric ester groups is 1. The van der Waals surface area contributed by atoms with Crippen LogP contribution < -0.4 is 5.32 Å². The van der Waals surface area contributed by atoms with Gasteiger partial charge in [0.05, 0.1) is 13.2 Å². The molecule has 9 nitrogen and oxygen atoms in total. The number of hydrogen-bond acceptors (Lipinski definition) is 7. The summed E-state index contributed by atoms with van der Waals surface area (Å²) < 4.78 is 26.9. The fourth-order valence-electron chi connectivity index (χ4n) is 6.97. The van der Waals surface area contributed by atoms with Gasteiger partial charge in [-0.05, 0) is 12.8 Å². The molecule has 0 fully saturated rings. The number of unbranched alkanes of at least 4 members (excludes halogenated alkanes) is 32. The minimum atomic E-state index is -4.41. The number of amides is 1. The molecule has 0 aliphatic heterocycles. The Morgan fingerprint density at radius 1 is 0.491 bits per heavy atom. The summed E-state index contributed by atoms with van der Waals surface area (Å²) in [6.07, 6.45) is 43.2. The molecule has 0 aliphatic carbocycles. The first-order chi connectivity index (χ1) is 26.8. The van der Waals surface area contributed by atoms with Gasteiger partial charge in [-0.25, -0.2) is 4.57 Å². The number of esters is 1. The van der Waals surface area contributed by atoms with E-state index in [2.05, 4.69) is 19.2 Å². The van der Waals surface area contributed by atoms with E-state index in [4.69, 9.17) is 13.8 Å². The number of carbonyl (C=O) groups excluding carboxylic acids is 2. The van der Waals surface area contributed by atoms with Crippen LogP contribution in [0.3, 0.4) is 0 Å². The summed E-state index contributed by atoms with van der Waals surface area (Å²) >= 11 is 0. The first kappa shape index (κ1) is 54.0. The summed E-state index contributed by atoms with van der Waals surface area (Å²) in [5, 5.41) is 12.7. The summed E-state index contributed by atoms with van der Waals surface area (Å²) in [6.45, 7) is 3.61. The highest BCUT2D eigenvalue weighted by Gasteiger charge is 2.23. The predicted molar refractivity (Wildman–Crippen MR) is 229 cm³/mol. The van der Waals surface area contributed by atoms with E-state index < -0.39 is 26.5 Å². The lowest BCUT2D eigenvalue weighted by Crippen LogP contribution is -2.27. The maximum absolute atomic E-state index is 12.1. The van der Waals surface area contributed by atoms with Crippen molar-refractivity contribution in [2.75, 3.05) is 26.4 Å². The van der Waals surface area contributed by atoms with Gasteiger partial charge in [-0.15, -0.1) is 0 Å². The molecule has 1 amide bonds. The molecule has 0 aliphatic rings. The van der Waals surface area contributed by atoms with Gasteiger partial charge in [-0.2, -0.15) is 0 Å². The lowest BCUT2D eigenvalue weighted by atomic mass is 10.0. The highest BCUT2D eigenvalue weighted by Crippen LogP contribution is 2.42. The minimum Gasteiger partial charge on any atom is -0.463 e. The quantitative estimate of drug-likeness (QED) is 0.0315. The number of rotatable bonds is 45. The van der Waals surface area contributed by atoms with Gasteiger partial charge in [0.15, 0.2) is 0 Å². The molecule has 328 valence electrons. The largest absolute Gasteiger partial charge is 0.472 e. The summed E-state index contributed by atoms with van der Waals surface area (Å²) in [5.74, 6) is -0.501. The van der Waals surface area contributed by atoms with E-state index in [1.807, 2.05) is 0 Å². The highest BCUT2D eigenvalue weighted by atomic mass is 31.2. The van der Waals surface area contributed by atoms with Crippen molar-refractivity contribution in [3.8, 4) is 0 Å². The van der Waals surface area contributed by atoms with Crippen LogP contribution in [0.1, 0.15) is 245 Å². The molecule has 2 unspecified atom stereocenters. The van der Waals surface area contributed by atoms with Gasteiger partial charge in [0.1, 0.15) is 12.7 Å². The van der Waals surface area contributed by atoms with E-state index in [0.29, 0.717) is 12.8 Å². The van der Waals surface area contributed by atoms with Crippen molar-refractivity contribution in [3.05, 3.63) is 0 Å². The van der Waals surface area contributed by atoms with E-state index in [1.165, 1.54) is 180 Å². The van der Waals surface area contributed by atoms with Crippen LogP contribution >= 0.6 is 7.82 Å². The van der Waals surface area contributed by atoms with Crippen molar-refractivity contribution in [2.24, 2.45) is 0 Å². The molecule has 0 spiro atoms. The number of hydrogen-bond donors (Lipinski definition) is 3. The summed E-state index contributed by atoms with van der Waals surface area (Å²) in [6, 6.07) is 0. The van der Waals surface area contributed by atoms with Crippen molar-refractivity contribution in [2.45, 2.75) is 251 Å². The third kappa shape index (κ3) is 44.0. The number of nitrogens with one attached hydrogen (secondary N) is 1. The maximum atomic E-state index is 12.1. The second-order valence-electron chi connectivity index (χ2n) is 16.1. The Morgan fingerprint density at radius 2 is 0.818 bits per heavy atom. The number of ether oxygens (including phenoxy) is 1. The zero-order valence-electron chi connectivity index (χ0n) is 36.2. The van der Waals surface area contributed by atoms with Gasteiger partial charge in [-0.1, -0.05) is 219 Å². The van der Waals surface area contributed by atoms with Crippen molar-refractivity contribution in [1.29, 1.82) is 0 Å². The van der Waals surface area contributed by atoms with Crippen LogP contribution in [0.5, 0.6) is 0 Å². The van der Waals surface area contributed by atoms with Crippen molar-refractivity contribution in [3.63, 3.8) is 0 Å². The van der Waals surface area contributed by atoms with E-state index in [0.717, 1.165) is 38.5 Å². The van der Waals surface area contributed by atoms with Crippen molar-refractivity contribution < 1.29 is 37.9 Å². The zero-order chi connectivity index (χ0) is 40.3. The maximum Gasteiger partial charge on any atom is 0.472 e. The minimum absolute atomic E-state index is 0.0885. The van der Waals surface area contributed by atoms with Crippen LogP contribution in [0.4, 0.5) is 0 Å². The topological polar surface area (TPSA) is 131 Å². The molecule has 0 saturated heterocycles. The summed E-state index contributed by atoms with van der Waals surface area (Å²) in [7, 11) is -4.41. The second-order valence-corrected chi connectivity index (χ2v) is 17.6. The Labute approximate surface area is 339 Å². The number of aliphatic hydroxyl groups is 1. The normalized spacial score (nSPS) is 13.2. The molecule has 55 heavy (non-hydrogen) atoms. The Balaban J connectivity index is 3.53. The fraction of sp³-hybridized carbons (Fsp3) is 0.956. The van der Waals surface area contributed by atoms with Gasteiger partial charge in [0.25, 0.3) is 0 Å². The van der Waals surface area contributed by atoms with Crippen LogP contribution in [-0.4, -0.2) is 54.3 Å². The smallest absolute Gasteiger partial charge is 0.463 e. The fourth-order valence-corrected chi connectivity index (χ4v) is 7.73. The number of phosphoric acid groups is 1. The van der Waals surface area contributed by atoms with Gasteiger partial charge < -0.3 is 20.1 Å². The highest BCUT2D eigenvalue weighted by molar-refractivity contribution is 7.47. The van der Waals surface area contributed by atoms with E-state index in [9.17, 15) is 24.2 Å². The van der Waals surface area contributed by atoms with Crippen LogP contribution in [0.15, 0.2) is 0 Å². The molecule has 0 bridgehead atoms. The first-order valence-electron chi connectivity index (χ1n) is 23.5. The average Bonchev–Trinajstić information content (AvgIpc) is 3.17. The number of aliphatic hydroxyl groups excluding tert-OH is 1. The monoisotopic (exact) mass is 804 g/mol. The molecule has 0 aromatic rings. The Kier molecular flexibility index (Phi) is 41.8. The Bertz CT molecular complexity index is 876. The molecule has 0 radical (unpaired) electrons. The summed E-state index contributed by atoms with van der Waals surface area (Å²) in [5.41, 5.74) is 0. The van der Waals surface area contributed by atoms with Crippen LogP contribution in [0.25, 0.3) is 0 Å². The third-order valence-electron chi connectivity index (χ3n) is 10.5. The van der Waals surface area contributed by atoms with E-state index in [1.54, 1.807) is 0 Å². The standard InChI is InChI=1S/C45H90NO8P/c1-3-5-7-9-11-13-15-17-19-21-22-24-26-28-30-32-34-36-38-45(49)52-41-43(47)42-54-55(50,51)53-40-39-46-44(48)37-35-33-31-29-27-25-23-20-18-16-14-12-10-8-6-4-2/h43,47H,3-42H2,1-2H3,(H,46,48)(H,50,51). The Morgan fingerprint density at radius 3 is 1.18 bits per heavy atom. The van der Waals surface area contributed by atoms with E-state index >= 15 is 0 Å². The van der Waals surface area contributed by atoms with Crippen LogP contribution in [-0.2, 0) is 27.9 Å². The van der Waals surface area contributed by atoms with Crippen LogP contribution in [0.2, 0.25) is 0 Å². The first-order valence-corrected chi connectivity index (χ1v) is 25.0. The van der Waals surface area contributed by atoms with Gasteiger partial charge in [0, 0.05) is 19.4 Å². The lowest BCUT2D eigenvalue weighted by Gasteiger charge is -2.15. The summed E-state index contributed by atoms with van der Waals surface area (Å²) in [4.78, 5) is 34.0. The molecular weight excluding hydrogens is 713 g/mol. The lowest BCUT2D eigenvalue weighted by molar-refractivity contribution is -0.147. The molecule has 0 saturated carbocycles. The molecular formula is C45H90NO8P. The molecule has 0 rings (SSSR count). The SMILES string of the molecule is CCCCCCCCCCCCCCCCCCCCC(=O)OCC(O)COP(=O)(O)OCCNC(=O)CCCCCCCCCCCCCCCCCC. The molecule has 0 aromatic carbocycles. The molecule has 0 aromatic heterocycles. The molecule has 2 atom stereocenters. The zero-order valence-corrected chi connectivity index (χ0v) is 37.0. The Hall–Kier alpha value is -0.990. The average molecular weight is 804 g/mol. The van der Waals surface area contributed by atoms with Gasteiger partial charge in [0.2, 0.25) is 5.91 Å². The second kappa shape index (κ2) is 42.6. The molecule has 0 heterocycles. The van der Waals surface area contributed by atoms with E-state index in [-0.39, 0.29) is 25.7 Å². The van der Waals surface area contributed by atoms with Crippen LogP contribution in [0, 0.1) is 0 Å². The van der Waals surface area contributed by atoms with Gasteiger partial charge in [-0.3, -0.25) is 18.6 Å². The van der Waals surface area contributed by atoms with Crippen molar-refractivity contribution in [1.82, 2.24) is 5.32 Å². The molecule has 10 heteroatoms. The van der Waals surface area contributed by atoms with Gasteiger partial charge >= 0.3 is 13.8 Å². The predicted octanol–water partition coefficient (Wildman–Crippen LogP) is 13.2. The number of carbonyl (C=O) groups is 2. The third-order valence-corrected chi connectivity index (χ3v) is 11.5. The van der Waals surface area contributed by atoms with Crippen molar-refractivity contribution >= 4 is 19.7 Å².